The van der Waals surface area contributed by atoms with Crippen molar-refractivity contribution < 1.29 is 9.90 Å². The predicted molar refractivity (Wildman–Crippen MR) is 70.2 cm³/mol. The minimum Gasteiger partial charge on any atom is -0.481 e. The molecule has 0 radical (unpaired) electrons. The molecule has 2 aromatic rings. The summed E-state index contributed by atoms with van der Waals surface area (Å²) in [7, 11) is 0. The molecule has 3 N–H and O–H groups in total. The molecular formula is C14H11N3O2. The van der Waals surface area contributed by atoms with Gasteiger partial charge in [0.25, 0.3) is 0 Å². The van der Waals surface area contributed by atoms with Crippen molar-refractivity contribution in [2.45, 2.75) is 6.42 Å². The van der Waals surface area contributed by atoms with Crippen LogP contribution in [0, 0.1) is 11.8 Å². The molecule has 19 heavy (non-hydrogen) atoms. The second-order valence-corrected chi connectivity index (χ2v) is 3.85. The molecule has 2 rings (SSSR count). The van der Waals surface area contributed by atoms with E-state index in [4.69, 9.17) is 10.8 Å². The molecule has 0 bridgehead atoms. The van der Waals surface area contributed by atoms with Gasteiger partial charge in [-0.25, -0.2) is 9.97 Å². The summed E-state index contributed by atoms with van der Waals surface area (Å²) < 4.78 is 0. The van der Waals surface area contributed by atoms with Crippen molar-refractivity contribution in [3.05, 3.63) is 53.3 Å². The van der Waals surface area contributed by atoms with Crippen molar-refractivity contribution in [2.75, 3.05) is 5.73 Å². The second kappa shape index (κ2) is 5.65. The van der Waals surface area contributed by atoms with Crippen molar-refractivity contribution in [3.8, 4) is 11.8 Å². The second-order valence-electron chi connectivity index (χ2n) is 3.85. The highest BCUT2D eigenvalue weighted by Gasteiger charge is 2.00. The van der Waals surface area contributed by atoms with Crippen LogP contribution in [0.3, 0.4) is 0 Å². The Morgan fingerprint density at radius 1 is 1.21 bits per heavy atom. The first-order valence-electron chi connectivity index (χ1n) is 5.54. The van der Waals surface area contributed by atoms with Crippen LogP contribution < -0.4 is 5.73 Å². The summed E-state index contributed by atoms with van der Waals surface area (Å²) in [5.74, 6) is 5.16. The number of nitrogens with zero attached hydrogens (tertiary/aromatic N) is 2. The number of aromatic nitrogens is 2. The first-order valence-corrected chi connectivity index (χ1v) is 5.54. The summed E-state index contributed by atoms with van der Waals surface area (Å²) in [4.78, 5) is 18.3. The predicted octanol–water partition coefficient (Wildman–Crippen LogP) is 1.09. The van der Waals surface area contributed by atoms with E-state index in [9.17, 15) is 4.79 Å². The molecule has 94 valence electrons. The number of nitrogen functional groups attached to an aromatic ring is 1. The highest BCUT2D eigenvalue weighted by Crippen LogP contribution is 2.05. The zero-order chi connectivity index (χ0) is 13.7. The van der Waals surface area contributed by atoms with E-state index >= 15 is 0 Å². The molecular weight excluding hydrogens is 242 g/mol. The van der Waals surface area contributed by atoms with Crippen LogP contribution in [-0.2, 0) is 11.2 Å². The van der Waals surface area contributed by atoms with Gasteiger partial charge in [-0.2, -0.15) is 0 Å². The van der Waals surface area contributed by atoms with Crippen molar-refractivity contribution >= 4 is 11.9 Å². The summed E-state index contributed by atoms with van der Waals surface area (Å²) in [5.41, 5.74) is 7.49. The Bertz CT molecular complexity index is 654. The van der Waals surface area contributed by atoms with Crippen LogP contribution in [0.1, 0.15) is 16.7 Å². The summed E-state index contributed by atoms with van der Waals surface area (Å²) in [5, 5.41) is 8.73. The van der Waals surface area contributed by atoms with E-state index in [-0.39, 0.29) is 12.4 Å². The fourth-order valence-corrected chi connectivity index (χ4v) is 1.48. The molecule has 0 atom stereocenters. The van der Waals surface area contributed by atoms with Gasteiger partial charge in [0.05, 0.1) is 12.0 Å². The van der Waals surface area contributed by atoms with Gasteiger partial charge in [-0.05, 0) is 17.7 Å². The maximum absolute atomic E-state index is 10.6. The molecule has 0 aliphatic carbocycles. The first-order chi connectivity index (χ1) is 9.13. The van der Waals surface area contributed by atoms with Crippen LogP contribution in [0.4, 0.5) is 5.95 Å². The number of benzene rings is 1. The van der Waals surface area contributed by atoms with Gasteiger partial charge >= 0.3 is 5.97 Å². The van der Waals surface area contributed by atoms with Crippen LogP contribution >= 0.6 is 0 Å². The van der Waals surface area contributed by atoms with E-state index in [1.807, 2.05) is 6.07 Å². The molecule has 5 heteroatoms. The van der Waals surface area contributed by atoms with Crippen molar-refractivity contribution in [1.82, 2.24) is 9.97 Å². The minimum absolute atomic E-state index is 0.0134. The Hall–Kier alpha value is -2.87. The van der Waals surface area contributed by atoms with Gasteiger partial charge in [0.1, 0.15) is 0 Å². The Morgan fingerprint density at radius 2 is 1.89 bits per heavy atom. The molecule has 1 aromatic heterocycles. The van der Waals surface area contributed by atoms with Crippen molar-refractivity contribution in [2.24, 2.45) is 0 Å². The number of anilines is 1. The van der Waals surface area contributed by atoms with Crippen LogP contribution in [0.2, 0.25) is 0 Å². The van der Waals surface area contributed by atoms with Gasteiger partial charge in [0.15, 0.2) is 0 Å². The molecule has 0 aliphatic heterocycles. The lowest BCUT2D eigenvalue weighted by Gasteiger charge is -1.97. The van der Waals surface area contributed by atoms with E-state index in [0.29, 0.717) is 11.1 Å². The Morgan fingerprint density at radius 3 is 2.58 bits per heavy atom. The number of nitrogens with two attached hydrogens (primary N) is 1. The molecule has 0 saturated heterocycles. The van der Waals surface area contributed by atoms with Crippen LogP contribution in [0.15, 0.2) is 36.7 Å². The van der Waals surface area contributed by atoms with Gasteiger partial charge in [-0.3, -0.25) is 4.79 Å². The Labute approximate surface area is 110 Å². The molecule has 1 heterocycles. The maximum Gasteiger partial charge on any atom is 0.307 e. The van der Waals surface area contributed by atoms with E-state index in [1.54, 1.807) is 18.2 Å². The third-order valence-electron chi connectivity index (χ3n) is 2.31. The summed E-state index contributed by atoms with van der Waals surface area (Å²) >= 11 is 0. The fraction of sp³-hybridized carbons (Fsp3) is 0.0714. The smallest absolute Gasteiger partial charge is 0.307 e. The van der Waals surface area contributed by atoms with E-state index in [2.05, 4.69) is 21.8 Å². The zero-order valence-electron chi connectivity index (χ0n) is 10.00. The number of carboxylic acid groups (broad SMARTS) is 1. The highest BCUT2D eigenvalue weighted by atomic mass is 16.4. The average Bonchev–Trinajstić information content (AvgIpc) is 2.38. The van der Waals surface area contributed by atoms with E-state index in [0.717, 1.165) is 5.56 Å². The topological polar surface area (TPSA) is 89.1 Å². The lowest BCUT2D eigenvalue weighted by molar-refractivity contribution is -0.136. The number of hydrogen-bond acceptors (Lipinski definition) is 4. The van der Waals surface area contributed by atoms with Gasteiger partial charge in [0.2, 0.25) is 5.95 Å². The third-order valence-corrected chi connectivity index (χ3v) is 2.31. The highest BCUT2D eigenvalue weighted by molar-refractivity contribution is 5.70. The summed E-state index contributed by atoms with van der Waals surface area (Å²) in [6, 6.07) is 7.10. The lowest BCUT2D eigenvalue weighted by Crippen LogP contribution is -1.99. The number of carbonyl (C=O) groups is 1. The minimum atomic E-state index is -0.864. The molecule has 0 unspecified atom stereocenters. The number of hydrogen-bond donors (Lipinski definition) is 2. The van der Waals surface area contributed by atoms with Crippen molar-refractivity contribution in [1.29, 1.82) is 0 Å². The Kier molecular flexibility index (Phi) is 3.74. The zero-order valence-corrected chi connectivity index (χ0v) is 10.00. The SMILES string of the molecule is Nc1ncc(C#Cc2cccc(CC(=O)O)c2)cn1. The first kappa shape index (κ1) is 12.6. The molecule has 0 fully saturated rings. The fourth-order valence-electron chi connectivity index (χ4n) is 1.48. The molecule has 0 amide bonds. The van der Waals surface area contributed by atoms with Crippen LogP contribution in [0.25, 0.3) is 0 Å². The van der Waals surface area contributed by atoms with Gasteiger partial charge in [-0.1, -0.05) is 24.0 Å². The molecule has 0 aliphatic rings. The molecule has 5 nitrogen and oxygen atoms in total. The third kappa shape index (κ3) is 3.82. The van der Waals surface area contributed by atoms with Gasteiger partial charge in [-0.15, -0.1) is 0 Å². The summed E-state index contributed by atoms with van der Waals surface area (Å²) in [6.45, 7) is 0. The molecule has 0 saturated carbocycles. The number of carboxylic acids is 1. The van der Waals surface area contributed by atoms with Gasteiger partial charge < -0.3 is 10.8 Å². The normalized spacial score (nSPS) is 9.47. The molecule has 1 aromatic carbocycles. The summed E-state index contributed by atoms with van der Waals surface area (Å²) in [6.07, 6.45) is 3.06. The average molecular weight is 253 g/mol. The van der Waals surface area contributed by atoms with Gasteiger partial charge in [0, 0.05) is 18.0 Å². The van der Waals surface area contributed by atoms with Crippen LogP contribution in [-0.4, -0.2) is 21.0 Å². The quantitative estimate of drug-likeness (QED) is 0.782. The maximum atomic E-state index is 10.6. The van der Waals surface area contributed by atoms with E-state index < -0.39 is 5.97 Å². The lowest BCUT2D eigenvalue weighted by atomic mass is 10.1. The number of aliphatic carboxylic acids is 1. The van der Waals surface area contributed by atoms with Crippen LogP contribution in [0.5, 0.6) is 0 Å². The van der Waals surface area contributed by atoms with E-state index in [1.165, 1.54) is 12.4 Å². The largest absolute Gasteiger partial charge is 0.481 e. The Balaban J connectivity index is 2.19. The number of rotatable bonds is 2. The standard InChI is InChI=1S/C14H11N3O2/c15-14-16-8-12(9-17-14)5-4-10-2-1-3-11(6-10)7-13(18)19/h1-3,6,8-9H,7H2,(H,18,19)(H2,15,16,17). The molecule has 0 spiro atoms. The van der Waals surface area contributed by atoms with Crippen molar-refractivity contribution in [3.63, 3.8) is 0 Å². The monoisotopic (exact) mass is 253 g/mol.